The van der Waals surface area contributed by atoms with E-state index < -0.39 is 0 Å². The Kier molecular flexibility index (Phi) is 5.49. The van der Waals surface area contributed by atoms with Gasteiger partial charge in [0, 0.05) is 5.02 Å². The Labute approximate surface area is 72.0 Å². The largest absolute Gasteiger partial charge is 0.307 e. The molecule has 0 aliphatic rings. The maximum absolute atomic E-state index is 8.00. The molecule has 0 N–H and O–H groups in total. The molecule has 0 spiro atoms. The Morgan fingerprint density at radius 2 is 1.73 bits per heavy atom. The molecule has 1 rings (SSSR count). The van der Waals surface area contributed by atoms with Gasteiger partial charge in [0.2, 0.25) is 0 Å². The lowest BCUT2D eigenvalue weighted by Crippen LogP contribution is -1.75. The number of rotatable bonds is 1. The normalized spacial score (nSPS) is 8.18. The smallest absolute Gasteiger partial charge is 0.106 e. The summed E-state index contributed by atoms with van der Waals surface area (Å²) in [4.78, 5) is 8.00. The SMILES string of the molecule is C=O.CCc1ccc(Cl)cc1. The topological polar surface area (TPSA) is 17.1 Å². The van der Waals surface area contributed by atoms with E-state index in [2.05, 4.69) is 6.92 Å². The van der Waals surface area contributed by atoms with Gasteiger partial charge in [0.15, 0.2) is 0 Å². The highest BCUT2D eigenvalue weighted by molar-refractivity contribution is 6.30. The molecule has 0 aliphatic heterocycles. The van der Waals surface area contributed by atoms with Gasteiger partial charge in [-0.2, -0.15) is 0 Å². The second-order valence-corrected chi connectivity index (χ2v) is 2.42. The van der Waals surface area contributed by atoms with Gasteiger partial charge in [-0.1, -0.05) is 30.7 Å². The first kappa shape index (κ1) is 10.2. The average molecular weight is 171 g/mol. The van der Waals surface area contributed by atoms with Crippen LogP contribution in [0.2, 0.25) is 5.02 Å². The van der Waals surface area contributed by atoms with Crippen molar-refractivity contribution < 1.29 is 4.79 Å². The number of hydrogen-bond acceptors (Lipinski definition) is 1. The first-order valence-electron chi connectivity index (χ1n) is 3.36. The van der Waals surface area contributed by atoms with E-state index in [1.165, 1.54) is 5.56 Å². The summed E-state index contributed by atoms with van der Waals surface area (Å²) < 4.78 is 0. The van der Waals surface area contributed by atoms with Crippen LogP contribution in [0.4, 0.5) is 0 Å². The van der Waals surface area contributed by atoms with Crippen LogP contribution in [0.1, 0.15) is 12.5 Å². The predicted molar refractivity (Wildman–Crippen MR) is 48.0 cm³/mol. The number of carbonyl (C=O) groups is 1. The van der Waals surface area contributed by atoms with Crippen LogP contribution in [0, 0.1) is 0 Å². The highest BCUT2D eigenvalue weighted by atomic mass is 35.5. The van der Waals surface area contributed by atoms with Crippen LogP contribution in [-0.2, 0) is 11.2 Å². The van der Waals surface area contributed by atoms with Gasteiger partial charge >= 0.3 is 0 Å². The van der Waals surface area contributed by atoms with Gasteiger partial charge in [-0.25, -0.2) is 0 Å². The molecule has 11 heavy (non-hydrogen) atoms. The van der Waals surface area contributed by atoms with Crippen LogP contribution in [0.25, 0.3) is 0 Å². The molecule has 0 radical (unpaired) electrons. The van der Waals surface area contributed by atoms with Gasteiger partial charge < -0.3 is 4.79 Å². The van der Waals surface area contributed by atoms with Crippen molar-refractivity contribution in [2.75, 3.05) is 0 Å². The monoisotopic (exact) mass is 170 g/mol. The minimum atomic E-state index is 0.812. The molecule has 1 aromatic rings. The molecule has 0 saturated heterocycles. The summed E-state index contributed by atoms with van der Waals surface area (Å²) in [5, 5.41) is 0.812. The highest BCUT2D eigenvalue weighted by Gasteiger charge is 1.86. The average Bonchev–Trinajstić information content (AvgIpc) is 2.10. The summed E-state index contributed by atoms with van der Waals surface area (Å²) in [7, 11) is 0. The Balaban J connectivity index is 0.000000461. The fraction of sp³-hybridized carbons (Fsp3) is 0.222. The number of hydrogen-bond donors (Lipinski definition) is 0. The van der Waals surface area contributed by atoms with E-state index >= 15 is 0 Å². The van der Waals surface area contributed by atoms with Crippen molar-refractivity contribution >= 4 is 18.4 Å². The first-order valence-corrected chi connectivity index (χ1v) is 3.74. The third-order valence-corrected chi connectivity index (χ3v) is 1.57. The highest BCUT2D eigenvalue weighted by Crippen LogP contribution is 2.09. The second kappa shape index (κ2) is 5.93. The van der Waals surface area contributed by atoms with Gasteiger partial charge in [-0.15, -0.1) is 0 Å². The summed E-state index contributed by atoms with van der Waals surface area (Å²) in [6, 6.07) is 7.92. The van der Waals surface area contributed by atoms with Gasteiger partial charge in [-0.3, -0.25) is 0 Å². The van der Waals surface area contributed by atoms with Gasteiger partial charge in [0.25, 0.3) is 0 Å². The van der Waals surface area contributed by atoms with E-state index in [4.69, 9.17) is 16.4 Å². The molecule has 0 fully saturated rings. The van der Waals surface area contributed by atoms with E-state index in [-0.39, 0.29) is 0 Å². The van der Waals surface area contributed by atoms with Gasteiger partial charge in [-0.05, 0) is 24.1 Å². The van der Waals surface area contributed by atoms with Gasteiger partial charge in [0.1, 0.15) is 6.79 Å². The van der Waals surface area contributed by atoms with Crippen LogP contribution in [0.3, 0.4) is 0 Å². The number of carbonyl (C=O) groups excluding carboxylic acids is 1. The van der Waals surface area contributed by atoms with Gasteiger partial charge in [0.05, 0.1) is 0 Å². The van der Waals surface area contributed by atoms with Crippen molar-refractivity contribution in [1.82, 2.24) is 0 Å². The summed E-state index contributed by atoms with van der Waals surface area (Å²) in [6.07, 6.45) is 1.08. The minimum Gasteiger partial charge on any atom is -0.307 e. The molecule has 0 aromatic heterocycles. The van der Waals surface area contributed by atoms with Crippen LogP contribution in [0.15, 0.2) is 24.3 Å². The quantitative estimate of drug-likeness (QED) is 0.634. The molecule has 0 unspecified atom stereocenters. The fourth-order valence-electron chi connectivity index (χ4n) is 0.720. The van der Waals surface area contributed by atoms with E-state index in [1.54, 1.807) is 0 Å². The lowest BCUT2D eigenvalue weighted by atomic mass is 10.2. The molecule has 2 heteroatoms. The summed E-state index contributed by atoms with van der Waals surface area (Å²) in [6.45, 7) is 4.13. The summed E-state index contributed by atoms with van der Waals surface area (Å²) in [5.41, 5.74) is 1.33. The zero-order valence-electron chi connectivity index (χ0n) is 6.51. The maximum atomic E-state index is 8.00. The number of halogens is 1. The molecule has 0 saturated carbocycles. The Hall–Kier alpha value is -0.820. The lowest BCUT2D eigenvalue weighted by molar-refractivity contribution is -0.0979. The molecule has 0 aliphatic carbocycles. The molecule has 1 nitrogen and oxygen atoms in total. The number of aryl methyl sites for hydroxylation is 1. The van der Waals surface area contributed by atoms with Crippen LogP contribution < -0.4 is 0 Å². The van der Waals surface area contributed by atoms with E-state index in [0.29, 0.717) is 0 Å². The molecule has 1 aromatic carbocycles. The first-order chi connectivity index (χ1) is 5.33. The van der Waals surface area contributed by atoms with E-state index in [1.807, 2.05) is 31.1 Å². The van der Waals surface area contributed by atoms with Crippen molar-refractivity contribution in [3.63, 3.8) is 0 Å². The van der Waals surface area contributed by atoms with Crippen LogP contribution in [0.5, 0.6) is 0 Å². The van der Waals surface area contributed by atoms with Crippen molar-refractivity contribution in [1.29, 1.82) is 0 Å². The molecule has 0 atom stereocenters. The summed E-state index contributed by atoms with van der Waals surface area (Å²) in [5.74, 6) is 0. The van der Waals surface area contributed by atoms with Crippen LogP contribution >= 0.6 is 11.6 Å². The second-order valence-electron chi connectivity index (χ2n) is 1.98. The lowest BCUT2D eigenvalue weighted by Gasteiger charge is -1.93. The zero-order chi connectivity index (χ0) is 8.69. The minimum absolute atomic E-state index is 0.812. The molecule has 60 valence electrons. The Morgan fingerprint density at radius 1 is 1.27 bits per heavy atom. The molecule has 0 heterocycles. The van der Waals surface area contributed by atoms with Crippen molar-refractivity contribution in [2.24, 2.45) is 0 Å². The third-order valence-electron chi connectivity index (χ3n) is 1.32. The van der Waals surface area contributed by atoms with E-state index in [0.717, 1.165) is 11.4 Å². The summed E-state index contributed by atoms with van der Waals surface area (Å²) >= 11 is 5.67. The fourth-order valence-corrected chi connectivity index (χ4v) is 0.846. The molecule has 0 bridgehead atoms. The molecule has 0 amide bonds. The third kappa shape index (κ3) is 3.79. The standard InChI is InChI=1S/C8H9Cl.CH2O/c1-2-7-3-5-8(9)6-4-7;1-2/h3-6H,2H2,1H3;1H2. The van der Waals surface area contributed by atoms with Crippen molar-refractivity contribution in [3.8, 4) is 0 Å². The molecular weight excluding hydrogens is 160 g/mol. The Bertz CT molecular complexity index is 193. The zero-order valence-corrected chi connectivity index (χ0v) is 7.27. The van der Waals surface area contributed by atoms with Crippen molar-refractivity contribution in [2.45, 2.75) is 13.3 Å². The predicted octanol–water partition coefficient (Wildman–Crippen LogP) is 2.72. The number of benzene rings is 1. The maximum Gasteiger partial charge on any atom is 0.106 e. The molecular formula is C9H11ClO. The Morgan fingerprint density at radius 3 is 2.09 bits per heavy atom. The van der Waals surface area contributed by atoms with E-state index in [9.17, 15) is 0 Å². The van der Waals surface area contributed by atoms with Crippen molar-refractivity contribution in [3.05, 3.63) is 34.9 Å². The van der Waals surface area contributed by atoms with Crippen LogP contribution in [-0.4, -0.2) is 6.79 Å².